The molecule has 110 valence electrons. The van der Waals surface area contributed by atoms with Gasteiger partial charge in [-0.05, 0) is 82.3 Å². The maximum Gasteiger partial charge on any atom is 0.00103 e. The first kappa shape index (κ1) is 14.1. The normalized spacial score (nSPS) is 25.2. The molecule has 3 rings (SSSR count). The molecule has 0 saturated carbocycles. The van der Waals surface area contributed by atoms with Crippen LogP contribution < -0.4 is 5.32 Å². The zero-order valence-corrected chi connectivity index (χ0v) is 13.0. The molecule has 1 atom stereocenters. The van der Waals surface area contributed by atoms with Crippen LogP contribution in [0.2, 0.25) is 0 Å². The number of likely N-dealkylation sites (tertiary alicyclic amines) is 1. The van der Waals surface area contributed by atoms with Crippen molar-refractivity contribution in [2.24, 2.45) is 5.92 Å². The fraction of sp³-hybridized carbons (Fsp3) is 0.667. The Kier molecular flexibility index (Phi) is 4.42. The lowest BCUT2D eigenvalue weighted by Crippen LogP contribution is -2.27. The third-order valence-electron chi connectivity index (χ3n) is 5.07. The Morgan fingerprint density at radius 2 is 2.00 bits per heavy atom. The van der Waals surface area contributed by atoms with E-state index in [0.29, 0.717) is 0 Å². The van der Waals surface area contributed by atoms with Crippen LogP contribution in [0.15, 0.2) is 18.2 Å². The summed E-state index contributed by atoms with van der Waals surface area (Å²) in [6, 6.07) is 7.18. The van der Waals surface area contributed by atoms with Gasteiger partial charge in [-0.3, -0.25) is 0 Å². The maximum absolute atomic E-state index is 3.49. The number of nitrogens with one attached hydrogen (secondary N) is 1. The minimum atomic E-state index is 0.783. The van der Waals surface area contributed by atoms with Crippen LogP contribution in [-0.4, -0.2) is 38.1 Å². The van der Waals surface area contributed by atoms with Gasteiger partial charge in [-0.2, -0.15) is 0 Å². The molecule has 20 heavy (non-hydrogen) atoms. The predicted octanol–water partition coefficient (Wildman–Crippen LogP) is 2.96. The molecule has 0 amide bonds. The molecule has 1 aromatic rings. The van der Waals surface area contributed by atoms with E-state index in [1.54, 1.807) is 11.1 Å². The van der Waals surface area contributed by atoms with Crippen LogP contribution in [0.3, 0.4) is 0 Å². The van der Waals surface area contributed by atoms with Crippen molar-refractivity contribution >= 4 is 0 Å². The third kappa shape index (κ3) is 3.24. The van der Waals surface area contributed by atoms with E-state index in [1.807, 2.05) is 0 Å². The second-order valence-electron chi connectivity index (χ2n) is 6.85. The summed E-state index contributed by atoms with van der Waals surface area (Å²) >= 11 is 0. The summed E-state index contributed by atoms with van der Waals surface area (Å²) in [5, 5.41) is 3.49. The topological polar surface area (TPSA) is 15.3 Å². The molecule has 1 aromatic carbocycles. The van der Waals surface area contributed by atoms with Gasteiger partial charge in [-0.25, -0.2) is 0 Å². The summed E-state index contributed by atoms with van der Waals surface area (Å²) in [5.74, 6) is 1.65. The van der Waals surface area contributed by atoms with Gasteiger partial charge in [-0.1, -0.05) is 23.8 Å². The van der Waals surface area contributed by atoms with E-state index < -0.39 is 0 Å². The van der Waals surface area contributed by atoms with E-state index in [9.17, 15) is 0 Å². The lowest BCUT2D eigenvalue weighted by atomic mass is 9.83. The Morgan fingerprint density at radius 3 is 2.70 bits per heavy atom. The number of rotatable bonds is 3. The Bertz CT molecular complexity index is 449. The smallest absolute Gasteiger partial charge is 0.00103 e. The second-order valence-corrected chi connectivity index (χ2v) is 6.85. The SMILES string of the molecule is Cc1ccc(C2CCNCC2)c(CC2CCN(C)C2)c1. The molecule has 2 nitrogen and oxygen atoms in total. The standard InChI is InChI=1S/C18H28N2/c1-14-3-4-18(16-5-8-19-9-6-16)17(11-14)12-15-7-10-20(2)13-15/h3-4,11,15-16,19H,5-10,12-13H2,1-2H3. The first-order valence-electron chi connectivity index (χ1n) is 8.21. The zero-order chi connectivity index (χ0) is 13.9. The molecule has 0 aliphatic carbocycles. The Balaban J connectivity index is 1.78. The number of piperidine rings is 1. The number of aryl methyl sites for hydroxylation is 1. The monoisotopic (exact) mass is 272 g/mol. The van der Waals surface area contributed by atoms with Gasteiger partial charge < -0.3 is 10.2 Å². The molecular weight excluding hydrogens is 244 g/mol. The van der Waals surface area contributed by atoms with Gasteiger partial charge in [0.1, 0.15) is 0 Å². The number of hydrogen-bond acceptors (Lipinski definition) is 2. The molecule has 0 bridgehead atoms. The van der Waals surface area contributed by atoms with Crippen molar-refractivity contribution in [3.05, 3.63) is 34.9 Å². The van der Waals surface area contributed by atoms with Crippen LogP contribution in [0.1, 0.15) is 41.9 Å². The Hall–Kier alpha value is -0.860. The summed E-state index contributed by atoms with van der Waals surface area (Å²) in [5.41, 5.74) is 4.70. The summed E-state index contributed by atoms with van der Waals surface area (Å²) in [6.07, 6.45) is 5.27. The molecule has 2 aliphatic heterocycles. The highest BCUT2D eigenvalue weighted by Gasteiger charge is 2.23. The van der Waals surface area contributed by atoms with E-state index in [-0.39, 0.29) is 0 Å². The minimum absolute atomic E-state index is 0.783. The lowest BCUT2D eigenvalue weighted by molar-refractivity contribution is 0.393. The molecule has 0 spiro atoms. The fourth-order valence-electron chi connectivity index (χ4n) is 3.95. The van der Waals surface area contributed by atoms with Crippen molar-refractivity contribution in [3.8, 4) is 0 Å². The molecule has 0 radical (unpaired) electrons. The molecular formula is C18H28N2. The average Bonchev–Trinajstić information content (AvgIpc) is 2.85. The third-order valence-corrected chi connectivity index (χ3v) is 5.07. The van der Waals surface area contributed by atoms with Gasteiger partial charge in [0.2, 0.25) is 0 Å². The van der Waals surface area contributed by atoms with E-state index in [0.717, 1.165) is 11.8 Å². The summed E-state index contributed by atoms with van der Waals surface area (Å²) in [6.45, 7) is 7.16. The first-order valence-corrected chi connectivity index (χ1v) is 8.21. The summed E-state index contributed by atoms with van der Waals surface area (Å²) in [4.78, 5) is 2.48. The van der Waals surface area contributed by atoms with E-state index in [2.05, 4.69) is 42.4 Å². The van der Waals surface area contributed by atoms with Crippen LogP contribution in [0.5, 0.6) is 0 Å². The highest BCUT2D eigenvalue weighted by Crippen LogP contribution is 2.31. The molecule has 2 aliphatic rings. The highest BCUT2D eigenvalue weighted by atomic mass is 15.1. The molecule has 1 N–H and O–H groups in total. The molecule has 2 saturated heterocycles. The summed E-state index contributed by atoms with van der Waals surface area (Å²) in [7, 11) is 2.25. The van der Waals surface area contributed by atoms with Crippen molar-refractivity contribution < 1.29 is 0 Å². The maximum atomic E-state index is 3.49. The number of hydrogen-bond donors (Lipinski definition) is 1. The fourth-order valence-corrected chi connectivity index (χ4v) is 3.95. The van der Waals surface area contributed by atoms with Gasteiger partial charge in [0.15, 0.2) is 0 Å². The van der Waals surface area contributed by atoms with E-state index in [1.165, 1.54) is 57.4 Å². The van der Waals surface area contributed by atoms with Crippen molar-refractivity contribution in [1.29, 1.82) is 0 Å². The van der Waals surface area contributed by atoms with Gasteiger partial charge >= 0.3 is 0 Å². The Morgan fingerprint density at radius 1 is 1.20 bits per heavy atom. The van der Waals surface area contributed by atoms with Crippen LogP contribution >= 0.6 is 0 Å². The molecule has 1 unspecified atom stereocenters. The Labute approximate surface area is 123 Å². The molecule has 2 heteroatoms. The lowest BCUT2D eigenvalue weighted by Gasteiger charge is -2.26. The molecule has 2 fully saturated rings. The highest BCUT2D eigenvalue weighted by molar-refractivity contribution is 5.35. The quantitative estimate of drug-likeness (QED) is 0.910. The van der Waals surface area contributed by atoms with Crippen LogP contribution in [0.4, 0.5) is 0 Å². The zero-order valence-electron chi connectivity index (χ0n) is 13.0. The minimum Gasteiger partial charge on any atom is -0.317 e. The molecule has 2 heterocycles. The number of nitrogens with zero attached hydrogens (tertiary/aromatic N) is 1. The molecule has 0 aromatic heterocycles. The average molecular weight is 272 g/mol. The van der Waals surface area contributed by atoms with Crippen molar-refractivity contribution in [1.82, 2.24) is 10.2 Å². The van der Waals surface area contributed by atoms with E-state index >= 15 is 0 Å². The first-order chi connectivity index (χ1) is 9.72. The second kappa shape index (κ2) is 6.28. The van der Waals surface area contributed by atoms with Crippen LogP contribution in [0.25, 0.3) is 0 Å². The van der Waals surface area contributed by atoms with Gasteiger partial charge in [0.05, 0.1) is 0 Å². The largest absolute Gasteiger partial charge is 0.317 e. The van der Waals surface area contributed by atoms with Crippen molar-refractivity contribution in [2.45, 2.75) is 38.5 Å². The van der Waals surface area contributed by atoms with Crippen LogP contribution in [-0.2, 0) is 6.42 Å². The summed E-state index contributed by atoms with van der Waals surface area (Å²) < 4.78 is 0. The van der Waals surface area contributed by atoms with Gasteiger partial charge in [0.25, 0.3) is 0 Å². The predicted molar refractivity (Wildman–Crippen MR) is 85.3 cm³/mol. The number of benzene rings is 1. The van der Waals surface area contributed by atoms with Gasteiger partial charge in [-0.15, -0.1) is 0 Å². The van der Waals surface area contributed by atoms with Gasteiger partial charge in [0, 0.05) is 6.54 Å². The van der Waals surface area contributed by atoms with E-state index in [4.69, 9.17) is 0 Å². The van der Waals surface area contributed by atoms with Crippen LogP contribution in [0, 0.1) is 12.8 Å². The van der Waals surface area contributed by atoms with Crippen molar-refractivity contribution in [2.75, 3.05) is 33.2 Å². The van der Waals surface area contributed by atoms with Crippen molar-refractivity contribution in [3.63, 3.8) is 0 Å².